The maximum atomic E-state index is 10.1. The molecular formula is C13H22N2O2. The summed E-state index contributed by atoms with van der Waals surface area (Å²) in [7, 11) is 1.94. The lowest BCUT2D eigenvalue weighted by atomic mass is 9.98. The average Bonchev–Trinajstić information content (AvgIpc) is 2.89. The molecule has 1 fully saturated rings. The van der Waals surface area contributed by atoms with E-state index >= 15 is 0 Å². The average molecular weight is 238 g/mol. The van der Waals surface area contributed by atoms with Gasteiger partial charge in [0.15, 0.2) is 0 Å². The predicted octanol–water partition coefficient (Wildman–Crippen LogP) is 1.31. The van der Waals surface area contributed by atoms with Crippen molar-refractivity contribution in [1.29, 1.82) is 0 Å². The number of aryl methyl sites for hydroxylation is 2. The first-order valence-electron chi connectivity index (χ1n) is 6.46. The lowest BCUT2D eigenvalue weighted by Crippen LogP contribution is -2.18. The van der Waals surface area contributed by atoms with Crippen LogP contribution in [0.2, 0.25) is 0 Å². The predicted molar refractivity (Wildman–Crippen MR) is 65.8 cm³/mol. The molecule has 0 radical (unpaired) electrons. The Bertz CT molecular complexity index is 356. The molecule has 2 heterocycles. The van der Waals surface area contributed by atoms with E-state index in [4.69, 9.17) is 4.74 Å². The van der Waals surface area contributed by atoms with Crippen molar-refractivity contribution in [2.24, 2.45) is 13.0 Å². The molecule has 0 bridgehead atoms. The van der Waals surface area contributed by atoms with Gasteiger partial charge in [-0.2, -0.15) is 5.10 Å². The van der Waals surface area contributed by atoms with Gasteiger partial charge >= 0.3 is 0 Å². The summed E-state index contributed by atoms with van der Waals surface area (Å²) in [5.41, 5.74) is 2.21. The molecule has 2 rings (SSSR count). The van der Waals surface area contributed by atoms with E-state index in [1.807, 2.05) is 11.7 Å². The van der Waals surface area contributed by atoms with Crippen molar-refractivity contribution in [3.63, 3.8) is 0 Å². The molecule has 0 spiro atoms. The first-order valence-corrected chi connectivity index (χ1v) is 6.46. The number of aliphatic hydroxyl groups is 1. The molecule has 1 aromatic heterocycles. The Kier molecular flexibility index (Phi) is 4.18. The summed E-state index contributed by atoms with van der Waals surface area (Å²) in [6, 6.07) is 2.09. The number of hydrogen-bond acceptors (Lipinski definition) is 3. The van der Waals surface area contributed by atoms with Gasteiger partial charge in [0, 0.05) is 32.4 Å². The standard InChI is InChI=1S/C13H22N2O2/c1-3-11-7-12(15(2)14-11)8-13(16)6-10-4-5-17-9-10/h7,10,13,16H,3-6,8-9H2,1-2H3. The Balaban J connectivity index is 1.87. The highest BCUT2D eigenvalue weighted by Gasteiger charge is 2.20. The second-order valence-corrected chi connectivity index (χ2v) is 4.93. The van der Waals surface area contributed by atoms with E-state index in [-0.39, 0.29) is 6.10 Å². The van der Waals surface area contributed by atoms with E-state index in [0.717, 1.165) is 43.9 Å². The van der Waals surface area contributed by atoms with E-state index in [9.17, 15) is 5.11 Å². The van der Waals surface area contributed by atoms with E-state index in [1.54, 1.807) is 0 Å². The highest BCUT2D eigenvalue weighted by molar-refractivity contribution is 5.11. The maximum absolute atomic E-state index is 10.1. The van der Waals surface area contributed by atoms with Crippen LogP contribution in [0.5, 0.6) is 0 Å². The third-order valence-electron chi connectivity index (χ3n) is 3.46. The van der Waals surface area contributed by atoms with Gasteiger partial charge in [0.1, 0.15) is 0 Å². The molecule has 1 aliphatic heterocycles. The zero-order valence-corrected chi connectivity index (χ0v) is 10.7. The summed E-state index contributed by atoms with van der Waals surface area (Å²) in [4.78, 5) is 0. The molecule has 0 aromatic carbocycles. The molecular weight excluding hydrogens is 216 g/mol. The summed E-state index contributed by atoms with van der Waals surface area (Å²) in [5.74, 6) is 0.531. The largest absolute Gasteiger partial charge is 0.393 e. The minimum atomic E-state index is -0.276. The van der Waals surface area contributed by atoms with Crippen molar-refractivity contribution in [2.75, 3.05) is 13.2 Å². The summed E-state index contributed by atoms with van der Waals surface area (Å²) in [5, 5.41) is 14.5. The van der Waals surface area contributed by atoms with Crippen LogP contribution < -0.4 is 0 Å². The van der Waals surface area contributed by atoms with Gasteiger partial charge < -0.3 is 9.84 Å². The Morgan fingerprint density at radius 1 is 1.65 bits per heavy atom. The van der Waals surface area contributed by atoms with E-state index in [2.05, 4.69) is 18.1 Å². The molecule has 0 amide bonds. The number of nitrogens with zero attached hydrogens (tertiary/aromatic N) is 2. The lowest BCUT2D eigenvalue weighted by molar-refractivity contribution is 0.127. The quantitative estimate of drug-likeness (QED) is 0.841. The van der Waals surface area contributed by atoms with Gasteiger partial charge in [-0.25, -0.2) is 0 Å². The van der Waals surface area contributed by atoms with Gasteiger partial charge in [0.25, 0.3) is 0 Å². The van der Waals surface area contributed by atoms with Crippen LogP contribution >= 0.6 is 0 Å². The molecule has 1 aromatic rings. The number of hydrogen-bond donors (Lipinski definition) is 1. The summed E-state index contributed by atoms with van der Waals surface area (Å²) >= 11 is 0. The molecule has 2 atom stereocenters. The Labute approximate surface area is 103 Å². The van der Waals surface area contributed by atoms with Crippen molar-refractivity contribution < 1.29 is 9.84 Å². The Morgan fingerprint density at radius 3 is 3.06 bits per heavy atom. The van der Waals surface area contributed by atoms with Crippen molar-refractivity contribution in [1.82, 2.24) is 9.78 Å². The Morgan fingerprint density at radius 2 is 2.47 bits per heavy atom. The van der Waals surface area contributed by atoms with Gasteiger partial charge in [0.05, 0.1) is 11.8 Å². The fourth-order valence-corrected chi connectivity index (χ4v) is 2.41. The van der Waals surface area contributed by atoms with E-state index < -0.39 is 0 Å². The zero-order chi connectivity index (χ0) is 12.3. The van der Waals surface area contributed by atoms with Crippen molar-refractivity contribution >= 4 is 0 Å². The third kappa shape index (κ3) is 3.30. The fraction of sp³-hybridized carbons (Fsp3) is 0.769. The molecule has 1 saturated heterocycles. The van der Waals surface area contributed by atoms with Gasteiger partial charge in [-0.05, 0) is 31.2 Å². The minimum Gasteiger partial charge on any atom is -0.393 e. The molecule has 4 nitrogen and oxygen atoms in total. The molecule has 96 valence electrons. The summed E-state index contributed by atoms with van der Waals surface area (Å²) in [6.07, 6.45) is 3.29. The van der Waals surface area contributed by atoms with Crippen molar-refractivity contribution in [3.8, 4) is 0 Å². The van der Waals surface area contributed by atoms with Crippen LogP contribution in [0.15, 0.2) is 6.07 Å². The van der Waals surface area contributed by atoms with Crippen molar-refractivity contribution in [3.05, 3.63) is 17.5 Å². The molecule has 1 N–H and O–H groups in total. The fourth-order valence-electron chi connectivity index (χ4n) is 2.41. The SMILES string of the molecule is CCc1cc(CC(O)CC2CCOC2)n(C)n1. The molecule has 4 heteroatoms. The maximum Gasteiger partial charge on any atom is 0.0624 e. The first kappa shape index (κ1) is 12.6. The molecule has 0 aliphatic carbocycles. The topological polar surface area (TPSA) is 47.3 Å². The van der Waals surface area contributed by atoms with Crippen LogP contribution in [0.25, 0.3) is 0 Å². The monoisotopic (exact) mass is 238 g/mol. The van der Waals surface area contributed by atoms with Crippen LogP contribution in [0.3, 0.4) is 0 Å². The van der Waals surface area contributed by atoms with E-state index in [0.29, 0.717) is 12.3 Å². The second kappa shape index (κ2) is 5.65. The smallest absolute Gasteiger partial charge is 0.0624 e. The van der Waals surface area contributed by atoms with Gasteiger partial charge in [-0.3, -0.25) is 4.68 Å². The number of aliphatic hydroxyl groups excluding tert-OH is 1. The van der Waals surface area contributed by atoms with Gasteiger partial charge in [-0.1, -0.05) is 6.92 Å². The van der Waals surface area contributed by atoms with Crippen LogP contribution in [0.4, 0.5) is 0 Å². The van der Waals surface area contributed by atoms with Gasteiger partial charge in [0.2, 0.25) is 0 Å². The normalized spacial score (nSPS) is 21.9. The lowest BCUT2D eigenvalue weighted by Gasteiger charge is -2.14. The van der Waals surface area contributed by atoms with Crippen molar-refractivity contribution in [2.45, 2.75) is 38.7 Å². The first-order chi connectivity index (χ1) is 8.19. The van der Waals surface area contributed by atoms with E-state index in [1.165, 1.54) is 0 Å². The van der Waals surface area contributed by atoms with Crippen LogP contribution in [-0.2, 0) is 24.6 Å². The molecule has 17 heavy (non-hydrogen) atoms. The summed E-state index contributed by atoms with van der Waals surface area (Å²) < 4.78 is 7.21. The second-order valence-electron chi connectivity index (χ2n) is 4.93. The van der Waals surface area contributed by atoms with Crippen LogP contribution in [0.1, 0.15) is 31.2 Å². The Hall–Kier alpha value is -0.870. The minimum absolute atomic E-state index is 0.276. The highest BCUT2D eigenvalue weighted by Crippen LogP contribution is 2.20. The van der Waals surface area contributed by atoms with Crippen LogP contribution in [0, 0.1) is 5.92 Å². The number of rotatable bonds is 5. The van der Waals surface area contributed by atoms with Gasteiger partial charge in [-0.15, -0.1) is 0 Å². The zero-order valence-electron chi connectivity index (χ0n) is 10.7. The third-order valence-corrected chi connectivity index (χ3v) is 3.46. The number of ether oxygens (including phenoxy) is 1. The molecule has 2 unspecified atom stereocenters. The molecule has 1 aliphatic rings. The highest BCUT2D eigenvalue weighted by atomic mass is 16.5. The van der Waals surface area contributed by atoms with Crippen LogP contribution in [-0.4, -0.2) is 34.2 Å². The molecule has 0 saturated carbocycles. The summed E-state index contributed by atoms with van der Waals surface area (Å²) in [6.45, 7) is 3.75. The number of aromatic nitrogens is 2.